The molecule has 0 unspecified atom stereocenters. The molecule has 0 spiro atoms. The van der Waals surface area contributed by atoms with Gasteiger partial charge >= 0.3 is 0 Å². The van der Waals surface area contributed by atoms with Gasteiger partial charge in [-0.2, -0.15) is 5.10 Å². The van der Waals surface area contributed by atoms with Crippen molar-refractivity contribution in [3.05, 3.63) is 30.3 Å². The lowest BCUT2D eigenvalue weighted by molar-refractivity contribution is 0.189. The molecule has 0 saturated carbocycles. The first-order chi connectivity index (χ1) is 8.55. The number of para-hydroxylation sites is 1. The minimum absolute atomic E-state index is 0.323. The molecule has 2 aliphatic rings. The van der Waals surface area contributed by atoms with Crippen molar-refractivity contribution < 1.29 is 0 Å². The van der Waals surface area contributed by atoms with Crippen LogP contribution in [0.1, 0.15) is 33.6 Å². The van der Waals surface area contributed by atoms with Crippen molar-refractivity contribution in [3.8, 4) is 0 Å². The van der Waals surface area contributed by atoms with Crippen molar-refractivity contribution in [1.82, 2.24) is 4.90 Å². The maximum absolute atomic E-state index is 4.76. The molecule has 3 nitrogen and oxygen atoms in total. The second kappa shape index (κ2) is 4.01. The lowest BCUT2D eigenvalue weighted by atomic mass is 9.85. The molecule has 0 bridgehead atoms. The van der Waals surface area contributed by atoms with Gasteiger partial charge in [-0.05, 0) is 24.0 Å². The number of benzene rings is 1. The standard InChI is InChI=1S/C15H21N3/c1-15(2,3)13-9-10-14-16-18(11-17(13)14)12-7-5-4-6-8-12/h4-8,13H,9-11H2,1-3H3/t13-/m1/s1. The van der Waals surface area contributed by atoms with Crippen LogP contribution in [0.25, 0.3) is 0 Å². The Morgan fingerprint density at radius 1 is 1.17 bits per heavy atom. The van der Waals surface area contributed by atoms with E-state index in [1.165, 1.54) is 17.9 Å². The van der Waals surface area contributed by atoms with Crippen LogP contribution in [0.3, 0.4) is 0 Å². The Morgan fingerprint density at radius 3 is 2.56 bits per heavy atom. The quantitative estimate of drug-likeness (QED) is 0.753. The summed E-state index contributed by atoms with van der Waals surface area (Å²) in [4.78, 5) is 2.48. The van der Waals surface area contributed by atoms with E-state index in [4.69, 9.17) is 5.10 Å². The lowest BCUT2D eigenvalue weighted by Gasteiger charge is -2.34. The fourth-order valence-electron chi connectivity index (χ4n) is 2.99. The monoisotopic (exact) mass is 243 g/mol. The number of fused-ring (bicyclic) bond motifs is 1. The average molecular weight is 243 g/mol. The van der Waals surface area contributed by atoms with Crippen LogP contribution in [0.2, 0.25) is 0 Å². The summed E-state index contributed by atoms with van der Waals surface area (Å²) in [7, 11) is 0. The molecule has 0 aromatic heterocycles. The van der Waals surface area contributed by atoms with Crippen LogP contribution in [-0.4, -0.2) is 23.4 Å². The maximum atomic E-state index is 4.76. The Kier molecular flexibility index (Phi) is 2.58. The molecule has 3 rings (SSSR count). The molecule has 0 radical (unpaired) electrons. The van der Waals surface area contributed by atoms with E-state index in [9.17, 15) is 0 Å². The number of hydrazone groups is 1. The van der Waals surface area contributed by atoms with E-state index in [-0.39, 0.29) is 0 Å². The normalized spacial score (nSPS) is 23.3. The first kappa shape index (κ1) is 11.6. The predicted molar refractivity (Wildman–Crippen MR) is 75.5 cm³/mol. The molecule has 96 valence electrons. The zero-order valence-electron chi connectivity index (χ0n) is 11.4. The second-order valence-electron chi connectivity index (χ2n) is 6.28. The Balaban J connectivity index is 1.82. The molecule has 1 saturated heterocycles. The van der Waals surface area contributed by atoms with Crippen molar-refractivity contribution in [2.45, 2.75) is 39.7 Å². The summed E-state index contributed by atoms with van der Waals surface area (Å²) in [6.07, 6.45) is 2.36. The third kappa shape index (κ3) is 1.88. The molecule has 1 aromatic rings. The van der Waals surface area contributed by atoms with Crippen molar-refractivity contribution in [2.24, 2.45) is 10.5 Å². The molecule has 0 N–H and O–H groups in total. The summed E-state index contributed by atoms with van der Waals surface area (Å²) in [6, 6.07) is 11.0. The van der Waals surface area contributed by atoms with Crippen LogP contribution in [0.5, 0.6) is 0 Å². The van der Waals surface area contributed by atoms with Gasteiger partial charge in [-0.3, -0.25) is 0 Å². The third-order valence-electron chi connectivity index (χ3n) is 3.93. The second-order valence-corrected chi connectivity index (χ2v) is 6.28. The van der Waals surface area contributed by atoms with E-state index in [2.05, 4.69) is 54.9 Å². The highest BCUT2D eigenvalue weighted by Crippen LogP contribution is 2.37. The van der Waals surface area contributed by atoms with Gasteiger partial charge in [0.1, 0.15) is 12.5 Å². The van der Waals surface area contributed by atoms with Gasteiger partial charge in [0.25, 0.3) is 0 Å². The fraction of sp³-hybridized carbons (Fsp3) is 0.533. The zero-order chi connectivity index (χ0) is 12.8. The van der Waals surface area contributed by atoms with E-state index in [1.807, 2.05) is 6.07 Å². The van der Waals surface area contributed by atoms with Gasteiger partial charge in [0.2, 0.25) is 0 Å². The van der Waals surface area contributed by atoms with Crippen molar-refractivity contribution in [2.75, 3.05) is 11.7 Å². The molecule has 0 amide bonds. The van der Waals surface area contributed by atoms with Crippen LogP contribution in [-0.2, 0) is 0 Å². The summed E-state index contributed by atoms with van der Waals surface area (Å²) in [5, 5.41) is 6.88. The molecule has 18 heavy (non-hydrogen) atoms. The number of nitrogens with zero attached hydrogens (tertiary/aromatic N) is 3. The maximum Gasteiger partial charge on any atom is 0.127 e. The van der Waals surface area contributed by atoms with Crippen molar-refractivity contribution in [1.29, 1.82) is 0 Å². The molecule has 2 aliphatic heterocycles. The third-order valence-corrected chi connectivity index (χ3v) is 3.93. The molecule has 1 fully saturated rings. The van der Waals surface area contributed by atoms with Crippen molar-refractivity contribution in [3.63, 3.8) is 0 Å². The Morgan fingerprint density at radius 2 is 1.89 bits per heavy atom. The van der Waals surface area contributed by atoms with E-state index in [0.29, 0.717) is 11.5 Å². The molecule has 1 atom stereocenters. The van der Waals surface area contributed by atoms with Crippen LogP contribution in [0, 0.1) is 5.41 Å². The number of anilines is 1. The molecule has 3 heteroatoms. The highest BCUT2D eigenvalue weighted by molar-refractivity contribution is 5.87. The average Bonchev–Trinajstić information content (AvgIpc) is 2.87. The summed E-state index contributed by atoms with van der Waals surface area (Å²) in [5.74, 6) is 1.26. The summed E-state index contributed by atoms with van der Waals surface area (Å²) < 4.78 is 0. The molecule has 0 aliphatic carbocycles. The number of hydrogen-bond donors (Lipinski definition) is 0. The Bertz CT molecular complexity index is 458. The molecular formula is C15H21N3. The predicted octanol–water partition coefficient (Wildman–Crippen LogP) is 3.29. The van der Waals surface area contributed by atoms with Crippen LogP contribution in [0.4, 0.5) is 5.69 Å². The van der Waals surface area contributed by atoms with Gasteiger partial charge in [0, 0.05) is 12.5 Å². The largest absolute Gasteiger partial charge is 0.335 e. The van der Waals surface area contributed by atoms with E-state index in [1.54, 1.807) is 0 Å². The smallest absolute Gasteiger partial charge is 0.127 e. The minimum atomic E-state index is 0.323. The summed E-state index contributed by atoms with van der Waals surface area (Å²) in [6.45, 7) is 7.88. The van der Waals surface area contributed by atoms with Gasteiger partial charge in [0.15, 0.2) is 0 Å². The van der Waals surface area contributed by atoms with E-state index < -0.39 is 0 Å². The topological polar surface area (TPSA) is 18.8 Å². The number of hydrogen-bond acceptors (Lipinski definition) is 3. The molecule has 2 heterocycles. The number of amidine groups is 1. The summed E-state index contributed by atoms with van der Waals surface area (Å²) in [5.41, 5.74) is 1.51. The highest BCUT2D eigenvalue weighted by atomic mass is 15.6. The SMILES string of the molecule is CC(C)(C)[C@H]1CCC2=NN(c3ccccc3)CN21. The van der Waals surface area contributed by atoms with Crippen molar-refractivity contribution >= 4 is 11.5 Å². The molecular weight excluding hydrogens is 222 g/mol. The van der Waals surface area contributed by atoms with Gasteiger partial charge in [-0.1, -0.05) is 39.0 Å². The fourth-order valence-corrected chi connectivity index (χ4v) is 2.99. The lowest BCUT2D eigenvalue weighted by Crippen LogP contribution is -2.42. The minimum Gasteiger partial charge on any atom is -0.335 e. The first-order valence-electron chi connectivity index (χ1n) is 6.72. The van der Waals surface area contributed by atoms with Gasteiger partial charge in [-0.25, -0.2) is 5.01 Å². The highest BCUT2D eigenvalue weighted by Gasteiger charge is 2.41. The van der Waals surface area contributed by atoms with E-state index in [0.717, 1.165) is 13.1 Å². The van der Waals surface area contributed by atoms with Crippen LogP contribution < -0.4 is 5.01 Å². The number of rotatable bonds is 1. The van der Waals surface area contributed by atoms with Gasteiger partial charge in [-0.15, -0.1) is 0 Å². The Hall–Kier alpha value is -1.51. The zero-order valence-corrected chi connectivity index (χ0v) is 11.4. The molecule has 1 aromatic carbocycles. The van der Waals surface area contributed by atoms with Gasteiger partial charge < -0.3 is 4.90 Å². The van der Waals surface area contributed by atoms with Crippen LogP contribution in [0.15, 0.2) is 35.4 Å². The van der Waals surface area contributed by atoms with Gasteiger partial charge in [0.05, 0.1) is 5.69 Å². The first-order valence-corrected chi connectivity index (χ1v) is 6.72. The summed E-state index contributed by atoms with van der Waals surface area (Å²) >= 11 is 0. The van der Waals surface area contributed by atoms with E-state index >= 15 is 0 Å². The Labute approximate surface area is 109 Å². The van der Waals surface area contributed by atoms with Crippen LogP contribution >= 0.6 is 0 Å².